The standard InChI is InChI=1S/C11H11ClN2O3/c12-10-7(2-1-3-13-10)5-14-6-8(11(16)17)4-9(14)15/h1-3,8H,4-6H2,(H,16,17). The molecule has 0 aliphatic carbocycles. The summed E-state index contributed by atoms with van der Waals surface area (Å²) in [6, 6.07) is 3.51. The number of rotatable bonds is 3. The number of aromatic nitrogens is 1. The molecule has 1 saturated heterocycles. The Kier molecular flexibility index (Phi) is 3.28. The fourth-order valence-corrected chi connectivity index (χ4v) is 2.01. The lowest BCUT2D eigenvalue weighted by Crippen LogP contribution is -2.26. The molecule has 1 aromatic heterocycles. The van der Waals surface area contributed by atoms with Crippen LogP contribution < -0.4 is 0 Å². The van der Waals surface area contributed by atoms with Crippen LogP contribution in [-0.2, 0) is 16.1 Å². The van der Waals surface area contributed by atoms with E-state index in [2.05, 4.69) is 4.98 Å². The Bertz CT molecular complexity index is 464. The molecular weight excluding hydrogens is 244 g/mol. The average Bonchev–Trinajstić information content (AvgIpc) is 2.64. The predicted octanol–water partition coefficient (Wildman–Crippen LogP) is 1.17. The van der Waals surface area contributed by atoms with Crippen molar-refractivity contribution in [3.63, 3.8) is 0 Å². The van der Waals surface area contributed by atoms with Gasteiger partial charge in [0.2, 0.25) is 5.91 Å². The van der Waals surface area contributed by atoms with Crippen molar-refractivity contribution < 1.29 is 14.7 Å². The summed E-state index contributed by atoms with van der Waals surface area (Å²) in [4.78, 5) is 27.8. The Hall–Kier alpha value is -1.62. The first-order chi connectivity index (χ1) is 8.08. The summed E-state index contributed by atoms with van der Waals surface area (Å²) in [5.41, 5.74) is 0.730. The van der Waals surface area contributed by atoms with Crippen LogP contribution in [0, 0.1) is 5.92 Å². The molecule has 1 fully saturated rings. The van der Waals surface area contributed by atoms with E-state index in [1.165, 1.54) is 4.90 Å². The smallest absolute Gasteiger partial charge is 0.308 e. The molecule has 0 radical (unpaired) electrons. The zero-order valence-electron chi connectivity index (χ0n) is 8.97. The zero-order valence-corrected chi connectivity index (χ0v) is 9.72. The molecule has 2 rings (SSSR count). The molecule has 1 aliphatic heterocycles. The lowest BCUT2D eigenvalue weighted by molar-refractivity contribution is -0.141. The number of halogens is 1. The van der Waals surface area contributed by atoms with Gasteiger partial charge in [-0.25, -0.2) is 4.98 Å². The van der Waals surface area contributed by atoms with Crippen LogP contribution >= 0.6 is 11.6 Å². The molecular formula is C11H11ClN2O3. The van der Waals surface area contributed by atoms with E-state index < -0.39 is 11.9 Å². The predicted molar refractivity (Wildman–Crippen MR) is 60.4 cm³/mol. The fourth-order valence-electron chi connectivity index (χ4n) is 1.83. The summed E-state index contributed by atoms with van der Waals surface area (Å²) in [6.07, 6.45) is 1.63. The number of nitrogens with zero attached hydrogens (tertiary/aromatic N) is 2. The number of carbonyl (C=O) groups excluding carboxylic acids is 1. The van der Waals surface area contributed by atoms with Gasteiger partial charge in [-0.1, -0.05) is 17.7 Å². The second kappa shape index (κ2) is 4.71. The molecule has 1 amide bonds. The third kappa shape index (κ3) is 2.55. The minimum atomic E-state index is -0.932. The van der Waals surface area contributed by atoms with Gasteiger partial charge in [0.1, 0.15) is 5.15 Å². The van der Waals surface area contributed by atoms with Gasteiger partial charge in [-0.15, -0.1) is 0 Å². The van der Waals surface area contributed by atoms with Crippen LogP contribution in [0.1, 0.15) is 12.0 Å². The van der Waals surface area contributed by atoms with Gasteiger partial charge in [0.05, 0.1) is 5.92 Å². The minimum Gasteiger partial charge on any atom is -0.481 e. The topological polar surface area (TPSA) is 70.5 Å². The molecule has 1 atom stereocenters. The highest BCUT2D eigenvalue weighted by molar-refractivity contribution is 6.30. The summed E-state index contributed by atoms with van der Waals surface area (Å²) in [6.45, 7) is 0.550. The number of carboxylic acid groups (broad SMARTS) is 1. The Morgan fingerprint density at radius 3 is 3.00 bits per heavy atom. The number of carboxylic acids is 1. The van der Waals surface area contributed by atoms with Crippen molar-refractivity contribution in [2.24, 2.45) is 5.92 Å². The Labute approximate surface area is 103 Å². The molecule has 2 heterocycles. The van der Waals surface area contributed by atoms with Crippen LogP contribution in [0.25, 0.3) is 0 Å². The average molecular weight is 255 g/mol. The highest BCUT2D eigenvalue weighted by Gasteiger charge is 2.34. The Morgan fingerprint density at radius 2 is 2.41 bits per heavy atom. The van der Waals surface area contributed by atoms with E-state index >= 15 is 0 Å². The van der Waals surface area contributed by atoms with Crippen molar-refractivity contribution in [3.05, 3.63) is 29.0 Å². The summed E-state index contributed by atoms with van der Waals surface area (Å²) in [5.74, 6) is -1.70. The van der Waals surface area contributed by atoms with E-state index in [1.807, 2.05) is 0 Å². The molecule has 90 valence electrons. The lowest BCUT2D eigenvalue weighted by Gasteiger charge is -2.16. The fraction of sp³-hybridized carbons (Fsp3) is 0.364. The Balaban J connectivity index is 2.08. The van der Waals surface area contributed by atoms with Crippen molar-refractivity contribution >= 4 is 23.5 Å². The van der Waals surface area contributed by atoms with Crippen LogP contribution in [-0.4, -0.2) is 33.4 Å². The highest BCUT2D eigenvalue weighted by atomic mass is 35.5. The quantitative estimate of drug-likeness (QED) is 0.822. The van der Waals surface area contributed by atoms with E-state index in [0.29, 0.717) is 11.7 Å². The van der Waals surface area contributed by atoms with Crippen LogP contribution in [0.3, 0.4) is 0 Å². The van der Waals surface area contributed by atoms with Gasteiger partial charge < -0.3 is 10.0 Å². The second-order valence-corrected chi connectivity index (χ2v) is 4.32. The molecule has 6 heteroatoms. The third-order valence-electron chi connectivity index (χ3n) is 2.76. The maximum Gasteiger partial charge on any atom is 0.308 e. The normalized spacial score (nSPS) is 19.7. The van der Waals surface area contributed by atoms with Gasteiger partial charge in [0.15, 0.2) is 0 Å². The number of pyridine rings is 1. The molecule has 0 aromatic carbocycles. The molecule has 0 saturated carbocycles. The minimum absolute atomic E-state index is 0.0627. The molecule has 1 aliphatic rings. The molecule has 0 bridgehead atoms. The van der Waals surface area contributed by atoms with Crippen molar-refractivity contribution in [2.75, 3.05) is 6.54 Å². The van der Waals surface area contributed by atoms with Gasteiger partial charge >= 0.3 is 5.97 Å². The van der Waals surface area contributed by atoms with Crippen molar-refractivity contribution in [2.45, 2.75) is 13.0 Å². The number of hydrogen-bond acceptors (Lipinski definition) is 3. The summed E-state index contributed by atoms with van der Waals surface area (Å²) < 4.78 is 0. The first-order valence-corrected chi connectivity index (χ1v) is 5.55. The van der Waals surface area contributed by atoms with Crippen LogP contribution in [0.4, 0.5) is 0 Å². The first-order valence-electron chi connectivity index (χ1n) is 5.18. The first kappa shape index (κ1) is 11.9. The van der Waals surface area contributed by atoms with Crippen molar-refractivity contribution in [1.82, 2.24) is 9.88 Å². The second-order valence-electron chi connectivity index (χ2n) is 3.97. The van der Waals surface area contributed by atoms with E-state index in [4.69, 9.17) is 16.7 Å². The maximum absolute atomic E-state index is 11.6. The monoisotopic (exact) mass is 254 g/mol. The zero-order chi connectivity index (χ0) is 12.4. The van der Waals surface area contributed by atoms with E-state index in [0.717, 1.165) is 5.56 Å². The van der Waals surface area contributed by atoms with Crippen LogP contribution in [0.2, 0.25) is 5.15 Å². The van der Waals surface area contributed by atoms with Gasteiger partial charge in [0.25, 0.3) is 0 Å². The van der Waals surface area contributed by atoms with E-state index in [1.54, 1.807) is 18.3 Å². The number of hydrogen-bond donors (Lipinski definition) is 1. The van der Waals surface area contributed by atoms with Crippen LogP contribution in [0.5, 0.6) is 0 Å². The summed E-state index contributed by atoms with van der Waals surface area (Å²) >= 11 is 5.88. The van der Waals surface area contributed by atoms with Gasteiger partial charge in [0, 0.05) is 31.3 Å². The summed E-state index contributed by atoms with van der Waals surface area (Å²) in [7, 11) is 0. The number of carbonyl (C=O) groups is 2. The van der Waals surface area contributed by atoms with Crippen molar-refractivity contribution in [1.29, 1.82) is 0 Å². The van der Waals surface area contributed by atoms with Crippen molar-refractivity contribution in [3.8, 4) is 0 Å². The molecule has 1 N–H and O–H groups in total. The largest absolute Gasteiger partial charge is 0.481 e. The maximum atomic E-state index is 11.6. The summed E-state index contributed by atoms with van der Waals surface area (Å²) in [5, 5.41) is 9.20. The SMILES string of the molecule is O=C(O)C1CC(=O)N(Cc2cccnc2Cl)C1. The lowest BCUT2D eigenvalue weighted by atomic mass is 10.1. The molecule has 0 spiro atoms. The van der Waals surface area contributed by atoms with Gasteiger partial charge in [-0.05, 0) is 6.07 Å². The molecule has 1 unspecified atom stereocenters. The molecule has 1 aromatic rings. The molecule has 5 nitrogen and oxygen atoms in total. The highest BCUT2D eigenvalue weighted by Crippen LogP contribution is 2.22. The number of amides is 1. The molecule has 17 heavy (non-hydrogen) atoms. The third-order valence-corrected chi connectivity index (χ3v) is 3.10. The number of aliphatic carboxylic acids is 1. The van der Waals surface area contributed by atoms with Crippen LogP contribution in [0.15, 0.2) is 18.3 Å². The van der Waals surface area contributed by atoms with Gasteiger partial charge in [-0.2, -0.15) is 0 Å². The number of likely N-dealkylation sites (tertiary alicyclic amines) is 1. The van der Waals surface area contributed by atoms with Gasteiger partial charge in [-0.3, -0.25) is 9.59 Å². The Morgan fingerprint density at radius 1 is 1.65 bits per heavy atom. The van der Waals surface area contributed by atoms with E-state index in [-0.39, 0.29) is 18.9 Å². The van der Waals surface area contributed by atoms with E-state index in [9.17, 15) is 9.59 Å².